The minimum absolute atomic E-state index is 0. The summed E-state index contributed by atoms with van der Waals surface area (Å²) < 4.78 is 0. The summed E-state index contributed by atoms with van der Waals surface area (Å²) in [4.78, 5) is 0. The van der Waals surface area contributed by atoms with Gasteiger partial charge in [0.05, 0.1) is 0 Å². The van der Waals surface area contributed by atoms with Crippen molar-refractivity contribution in [1.29, 1.82) is 0 Å². The van der Waals surface area contributed by atoms with Crippen molar-refractivity contribution in [3.63, 3.8) is 0 Å². The molecule has 1 rings (SSSR count). The summed E-state index contributed by atoms with van der Waals surface area (Å²) in [6, 6.07) is 0. The number of hydrogen-bond acceptors (Lipinski definition) is 0. The largest absolute Gasteiger partial charge is 2.00 e. The molecule has 0 aliphatic heterocycles. The van der Waals surface area contributed by atoms with Gasteiger partial charge in [0, 0.05) is 0 Å². The predicted molar refractivity (Wildman–Crippen MR) is 27.7 cm³/mol. The van der Waals surface area contributed by atoms with Crippen molar-refractivity contribution in [2.75, 3.05) is 0 Å². The van der Waals surface area contributed by atoms with Crippen LogP contribution >= 0.6 is 0 Å². The smallest absolute Gasteiger partial charge is 1.00 e. The molecular weight excluding hydrogens is 191 g/mol. The molecular formula is C6H12Cl2Ti. The van der Waals surface area contributed by atoms with Crippen LogP contribution in [0.4, 0.5) is 0 Å². The summed E-state index contributed by atoms with van der Waals surface area (Å²) in [5.74, 6) is 0. The molecule has 9 heavy (non-hydrogen) atoms. The molecule has 0 unspecified atom stereocenters. The molecule has 0 radical (unpaired) electrons. The standard InChI is InChI=1S/C6H12.2ClH.Ti/c1-2-4-6-5-3-1;;;/h1-6H2;2*1H;/q;;;+2/p-2. The quantitative estimate of drug-likeness (QED) is 0.356. The van der Waals surface area contributed by atoms with E-state index in [0.717, 1.165) is 0 Å². The maximum absolute atomic E-state index is 1.50. The fourth-order valence-electron chi connectivity index (χ4n) is 1.06. The van der Waals surface area contributed by atoms with Gasteiger partial charge in [-0.25, -0.2) is 0 Å². The molecule has 0 heterocycles. The first-order valence-electron chi connectivity index (χ1n) is 3.00. The van der Waals surface area contributed by atoms with Crippen molar-refractivity contribution >= 4 is 0 Å². The average molecular weight is 203 g/mol. The Morgan fingerprint density at radius 3 is 0.667 bits per heavy atom. The van der Waals surface area contributed by atoms with Crippen LogP contribution in [0.5, 0.6) is 0 Å². The molecule has 0 aromatic heterocycles. The summed E-state index contributed by atoms with van der Waals surface area (Å²) in [6.07, 6.45) is 9.00. The Hall–Kier alpha value is 1.29. The van der Waals surface area contributed by atoms with Crippen LogP contribution < -0.4 is 24.8 Å². The van der Waals surface area contributed by atoms with E-state index in [1.54, 1.807) is 0 Å². The third-order valence-electron chi connectivity index (χ3n) is 1.50. The maximum Gasteiger partial charge on any atom is 2.00 e. The average Bonchev–Trinajstić information content (AvgIpc) is 1.72. The van der Waals surface area contributed by atoms with Gasteiger partial charge in [0.2, 0.25) is 0 Å². The van der Waals surface area contributed by atoms with Gasteiger partial charge in [0.15, 0.2) is 0 Å². The second-order valence-electron chi connectivity index (χ2n) is 2.12. The molecule has 0 bridgehead atoms. The fraction of sp³-hybridized carbons (Fsp3) is 1.00. The van der Waals surface area contributed by atoms with E-state index in [9.17, 15) is 0 Å². The van der Waals surface area contributed by atoms with Crippen LogP contribution in [0, 0.1) is 0 Å². The van der Waals surface area contributed by atoms with Crippen molar-refractivity contribution in [2.24, 2.45) is 0 Å². The molecule has 1 fully saturated rings. The van der Waals surface area contributed by atoms with Crippen LogP contribution in [0.15, 0.2) is 0 Å². The first-order chi connectivity index (χ1) is 3.00. The molecule has 1 aliphatic rings. The van der Waals surface area contributed by atoms with E-state index in [1.165, 1.54) is 38.5 Å². The van der Waals surface area contributed by atoms with E-state index in [0.29, 0.717) is 0 Å². The predicted octanol–water partition coefficient (Wildman–Crippen LogP) is -3.65. The van der Waals surface area contributed by atoms with Gasteiger partial charge in [0.25, 0.3) is 0 Å². The number of rotatable bonds is 0. The van der Waals surface area contributed by atoms with Crippen LogP contribution in [0.2, 0.25) is 0 Å². The van der Waals surface area contributed by atoms with Crippen LogP contribution in [0.3, 0.4) is 0 Å². The summed E-state index contributed by atoms with van der Waals surface area (Å²) in [5.41, 5.74) is 0. The Labute approximate surface area is 84.9 Å². The van der Waals surface area contributed by atoms with Crippen molar-refractivity contribution in [3.05, 3.63) is 0 Å². The maximum atomic E-state index is 1.50. The van der Waals surface area contributed by atoms with E-state index < -0.39 is 0 Å². The van der Waals surface area contributed by atoms with E-state index in [4.69, 9.17) is 0 Å². The van der Waals surface area contributed by atoms with Crippen molar-refractivity contribution < 1.29 is 46.5 Å². The van der Waals surface area contributed by atoms with Crippen molar-refractivity contribution in [2.45, 2.75) is 38.5 Å². The molecule has 0 nitrogen and oxygen atoms in total. The topological polar surface area (TPSA) is 0 Å². The first kappa shape index (κ1) is 16.7. The van der Waals surface area contributed by atoms with E-state index in [2.05, 4.69) is 0 Å². The van der Waals surface area contributed by atoms with E-state index >= 15 is 0 Å². The summed E-state index contributed by atoms with van der Waals surface area (Å²) in [5, 5.41) is 0. The first-order valence-corrected chi connectivity index (χ1v) is 3.00. The zero-order chi connectivity index (χ0) is 4.24. The van der Waals surface area contributed by atoms with Crippen molar-refractivity contribution in [1.82, 2.24) is 0 Å². The molecule has 0 aromatic rings. The molecule has 0 N–H and O–H groups in total. The fourth-order valence-corrected chi connectivity index (χ4v) is 1.06. The minimum atomic E-state index is 0. The van der Waals surface area contributed by atoms with Gasteiger partial charge in [-0.1, -0.05) is 38.5 Å². The summed E-state index contributed by atoms with van der Waals surface area (Å²) in [6.45, 7) is 0. The molecule has 54 valence electrons. The van der Waals surface area contributed by atoms with Crippen LogP contribution in [-0.2, 0) is 21.7 Å². The van der Waals surface area contributed by atoms with Gasteiger partial charge in [0.1, 0.15) is 0 Å². The van der Waals surface area contributed by atoms with Crippen LogP contribution in [0.1, 0.15) is 38.5 Å². The second-order valence-corrected chi connectivity index (χ2v) is 2.12. The molecule has 3 heteroatoms. The zero-order valence-electron chi connectivity index (χ0n) is 5.50. The normalized spacial score (nSPS) is 16.0. The third-order valence-corrected chi connectivity index (χ3v) is 1.50. The zero-order valence-corrected chi connectivity index (χ0v) is 8.57. The van der Waals surface area contributed by atoms with Crippen molar-refractivity contribution in [3.8, 4) is 0 Å². The molecule has 0 amide bonds. The SMILES string of the molecule is C1CCCCC1.[Cl-].[Cl-].[Ti+2]. The van der Waals surface area contributed by atoms with Crippen LogP contribution in [0.25, 0.3) is 0 Å². The Kier molecular flexibility index (Phi) is 22.3. The third kappa shape index (κ3) is 9.29. The Morgan fingerprint density at radius 1 is 0.444 bits per heavy atom. The van der Waals surface area contributed by atoms with Gasteiger partial charge < -0.3 is 24.8 Å². The Morgan fingerprint density at radius 2 is 0.556 bits per heavy atom. The molecule has 0 spiro atoms. The molecule has 0 aromatic carbocycles. The number of halogens is 2. The Balaban J connectivity index is -0.000000120. The van der Waals surface area contributed by atoms with Gasteiger partial charge >= 0.3 is 21.7 Å². The minimum Gasteiger partial charge on any atom is -1.00 e. The number of hydrogen-bond donors (Lipinski definition) is 0. The van der Waals surface area contributed by atoms with E-state index in [-0.39, 0.29) is 46.5 Å². The van der Waals surface area contributed by atoms with Gasteiger partial charge in [-0.2, -0.15) is 0 Å². The molecule has 1 saturated carbocycles. The summed E-state index contributed by atoms with van der Waals surface area (Å²) in [7, 11) is 0. The Bertz CT molecular complexity index is 26.5. The van der Waals surface area contributed by atoms with Crippen LogP contribution in [-0.4, -0.2) is 0 Å². The van der Waals surface area contributed by atoms with Gasteiger partial charge in [-0.3, -0.25) is 0 Å². The summed E-state index contributed by atoms with van der Waals surface area (Å²) >= 11 is 0. The monoisotopic (exact) mass is 202 g/mol. The molecule has 0 saturated heterocycles. The van der Waals surface area contributed by atoms with Gasteiger partial charge in [-0.15, -0.1) is 0 Å². The molecule has 0 atom stereocenters. The van der Waals surface area contributed by atoms with E-state index in [1.807, 2.05) is 0 Å². The van der Waals surface area contributed by atoms with Gasteiger partial charge in [-0.05, 0) is 0 Å². The second kappa shape index (κ2) is 12.0. The molecule has 1 aliphatic carbocycles.